The zero-order chi connectivity index (χ0) is 77.7. The van der Waals surface area contributed by atoms with Gasteiger partial charge in [0.15, 0.2) is 0 Å². The van der Waals surface area contributed by atoms with E-state index < -0.39 is 75.0 Å². The standard InChI is InChI=1S/C26H36F2N4O3.C25H34BrF2N5O3.C21H33F2N3O3.C4H2BrClN2/c27-25(28)18-35-16-15-32(14-11-21(26(33)34)17-23-10-12-29-19-30-23)13-4-3-6-22-9-8-20-5-1-2-7-24(20)31-22;26-20-15-29-17-30-24(20)32-22(25(34)35)10-12-33(13-14-36-16-23(27)28)11-4-3-6-19-9-8-18-5-1-2-7-21(18)31-19;22-20(23)15-29-14-13-26(12-10-18(24)21(27)28)11-4-3-6-17-9-8-16-5-1-2-7-19(16)25-17;5-3-1-7-2-8-4(3)6/h8-10,12,19,21,25H,1-7,11,13-18H2,(H,33,34);8-9,15,17,22-23H,1-7,10-14,16H2,(H,34,35)(H,29,30,32);8-9,18,20H,1-7,10-15,24H2,(H,27,28);1-2H/t21-;22-;18-;/m100./s1. The van der Waals surface area contributed by atoms with Crippen LogP contribution in [0.4, 0.5) is 32.2 Å². The van der Waals surface area contributed by atoms with Crippen molar-refractivity contribution < 1.29 is 70.3 Å². The first-order valence-electron chi connectivity index (χ1n) is 37.4. The number of nitrogens with zero attached hydrogens (tertiary/aromatic N) is 12. The van der Waals surface area contributed by atoms with Gasteiger partial charge in [0.2, 0.25) is 0 Å². The average molecular weight is 1670 g/mol. The number of halogens is 9. The van der Waals surface area contributed by atoms with E-state index >= 15 is 0 Å². The molecule has 0 radical (unpaired) electrons. The Bertz CT molecular complexity index is 3530. The number of aliphatic carboxylic acids is 3. The van der Waals surface area contributed by atoms with Gasteiger partial charge in [0, 0.05) is 97.6 Å². The van der Waals surface area contributed by atoms with Crippen molar-refractivity contribution in [3.05, 3.63) is 151 Å². The van der Waals surface area contributed by atoms with Crippen molar-refractivity contribution in [2.75, 3.05) is 104 Å². The van der Waals surface area contributed by atoms with Crippen LogP contribution >= 0.6 is 43.5 Å². The number of hydrogen-bond donors (Lipinski definition) is 5. The number of unbranched alkanes of at least 4 members (excludes halogenated alkanes) is 3. The first-order valence-corrected chi connectivity index (χ1v) is 39.4. The van der Waals surface area contributed by atoms with Crippen molar-refractivity contribution in [2.45, 2.75) is 192 Å². The molecular formula is C76H105Br2ClF6N14O9. The highest BCUT2D eigenvalue weighted by molar-refractivity contribution is 9.11. The fourth-order valence-electron chi connectivity index (χ4n) is 12.6. The SMILES string of the molecule is Clc1ncncc1Br.N[C@@H](CCN(CCCCc1ccc2c(n1)CCCC2)CCOCC(F)F)C(=O)O.O=C(O)[C@H](CCN(CCCCc1ccc2c(n1)CCCC2)CCOCC(F)F)Cc1ccncn1.O=C(O)[C@H](CCN(CCCCc1ccc2c(n1)CCCC2)CCOCC(F)F)Nc1ncncc1Br. The predicted octanol–water partition coefficient (Wildman–Crippen LogP) is 12.9. The molecule has 0 fully saturated rings. The normalized spacial score (nSPS) is 14.0. The lowest BCUT2D eigenvalue weighted by atomic mass is 9.95. The van der Waals surface area contributed by atoms with Gasteiger partial charge in [0.05, 0.1) is 34.7 Å². The second-order valence-electron chi connectivity index (χ2n) is 26.8. The summed E-state index contributed by atoms with van der Waals surface area (Å²) in [5.41, 5.74) is 17.5. The van der Waals surface area contributed by atoms with Crippen LogP contribution in [0.2, 0.25) is 5.15 Å². The molecule has 0 saturated heterocycles. The number of fused-ring (bicyclic) bond motifs is 3. The summed E-state index contributed by atoms with van der Waals surface area (Å²) < 4.78 is 90.4. The minimum absolute atomic E-state index is 0.166. The lowest BCUT2D eigenvalue weighted by Gasteiger charge is -2.24. The number of nitrogens with two attached hydrogens (primary N) is 1. The van der Waals surface area contributed by atoms with Crippen LogP contribution in [0.25, 0.3) is 0 Å². The molecule has 3 atom stereocenters. The molecular weight excluding hydrogens is 1560 g/mol. The predicted molar refractivity (Wildman–Crippen MR) is 407 cm³/mol. The molecule has 3 aliphatic carbocycles. The van der Waals surface area contributed by atoms with E-state index in [0.29, 0.717) is 92.6 Å². The third-order valence-electron chi connectivity index (χ3n) is 18.5. The monoisotopic (exact) mass is 1660 g/mol. The molecule has 0 saturated carbocycles. The minimum atomic E-state index is -2.51. The third-order valence-corrected chi connectivity index (χ3v) is 20.2. The van der Waals surface area contributed by atoms with Crippen LogP contribution in [-0.4, -0.2) is 223 Å². The van der Waals surface area contributed by atoms with E-state index in [9.17, 15) is 50.9 Å². The van der Waals surface area contributed by atoms with Crippen molar-refractivity contribution in [3.8, 4) is 0 Å². The molecule has 596 valence electrons. The zero-order valence-electron chi connectivity index (χ0n) is 61.4. The van der Waals surface area contributed by atoms with Gasteiger partial charge in [-0.15, -0.1) is 0 Å². The summed E-state index contributed by atoms with van der Waals surface area (Å²) in [7, 11) is 0. The fourth-order valence-corrected chi connectivity index (χ4v) is 13.2. The number of rotatable bonds is 46. The maximum atomic E-state index is 12.4. The summed E-state index contributed by atoms with van der Waals surface area (Å²) in [6.07, 6.45) is 25.0. The number of aromatic nitrogens is 9. The van der Waals surface area contributed by atoms with Gasteiger partial charge in [-0.2, -0.15) is 0 Å². The Kier molecular flexibility index (Phi) is 44.0. The molecule has 6 aromatic heterocycles. The number of carbonyl (C=O) groups is 3. The molecule has 23 nitrogen and oxygen atoms in total. The van der Waals surface area contributed by atoms with Crippen LogP contribution < -0.4 is 11.1 Å². The summed E-state index contributed by atoms with van der Waals surface area (Å²) in [6, 6.07) is 12.9. The number of carboxylic acid groups (broad SMARTS) is 3. The van der Waals surface area contributed by atoms with E-state index in [1.54, 1.807) is 18.5 Å². The number of aryl methyl sites for hydroxylation is 9. The van der Waals surface area contributed by atoms with Crippen LogP contribution in [0, 0.1) is 5.92 Å². The second kappa shape index (κ2) is 52.6. The Labute approximate surface area is 651 Å². The molecule has 3 aliphatic rings. The molecule has 32 heteroatoms. The number of pyridine rings is 3. The maximum absolute atomic E-state index is 12.4. The van der Waals surface area contributed by atoms with E-state index in [1.807, 2.05) is 4.90 Å². The Balaban J connectivity index is 0.000000241. The summed E-state index contributed by atoms with van der Waals surface area (Å²) in [5, 5.41) is 31.7. The number of ether oxygens (including phenoxy) is 3. The smallest absolute Gasteiger partial charge is 0.326 e. The van der Waals surface area contributed by atoms with Gasteiger partial charge >= 0.3 is 17.9 Å². The van der Waals surface area contributed by atoms with E-state index in [-0.39, 0.29) is 19.8 Å². The van der Waals surface area contributed by atoms with Crippen molar-refractivity contribution in [3.63, 3.8) is 0 Å². The van der Waals surface area contributed by atoms with Crippen LogP contribution in [-0.2, 0) is 92.8 Å². The third kappa shape index (κ3) is 37.4. The number of alkyl halides is 6. The summed E-state index contributed by atoms with van der Waals surface area (Å²) in [5.74, 6) is -3.06. The summed E-state index contributed by atoms with van der Waals surface area (Å²) in [4.78, 5) is 78.6. The molecule has 0 aromatic carbocycles. The molecule has 108 heavy (non-hydrogen) atoms. The van der Waals surface area contributed by atoms with Crippen LogP contribution in [0.1, 0.15) is 153 Å². The van der Waals surface area contributed by atoms with Gasteiger partial charge in [0.25, 0.3) is 19.3 Å². The molecule has 6 heterocycles. The molecule has 0 amide bonds. The molecule has 0 spiro atoms. The van der Waals surface area contributed by atoms with Crippen molar-refractivity contribution in [2.24, 2.45) is 11.7 Å². The fraction of sp³-hybridized carbons (Fsp3) is 0.605. The Morgan fingerprint density at radius 1 is 0.481 bits per heavy atom. The van der Waals surface area contributed by atoms with Gasteiger partial charge in [-0.3, -0.25) is 24.5 Å². The minimum Gasteiger partial charge on any atom is -0.481 e. The van der Waals surface area contributed by atoms with Crippen molar-refractivity contribution in [1.29, 1.82) is 0 Å². The first kappa shape index (κ1) is 90.3. The second-order valence-corrected chi connectivity index (χ2v) is 28.9. The molecule has 0 bridgehead atoms. The van der Waals surface area contributed by atoms with Crippen LogP contribution in [0.15, 0.2) is 89.0 Å². The average Bonchev–Trinajstić information content (AvgIpc) is 0.823. The highest BCUT2D eigenvalue weighted by atomic mass is 79.9. The molecule has 9 rings (SSSR count). The van der Waals surface area contributed by atoms with E-state index in [2.05, 4.69) is 113 Å². The first-order chi connectivity index (χ1) is 52.2. The van der Waals surface area contributed by atoms with Crippen LogP contribution in [0.5, 0.6) is 0 Å². The van der Waals surface area contributed by atoms with E-state index in [0.717, 1.165) is 131 Å². The van der Waals surface area contributed by atoms with E-state index in [4.69, 9.17) is 51.6 Å². The van der Waals surface area contributed by atoms with Gasteiger partial charge in [-0.1, -0.05) is 29.8 Å². The van der Waals surface area contributed by atoms with Crippen molar-refractivity contribution >= 4 is 67.2 Å². The summed E-state index contributed by atoms with van der Waals surface area (Å²) >= 11 is 12.0. The molecule has 0 unspecified atom stereocenters. The molecule has 6 N–H and O–H groups in total. The number of carboxylic acids is 3. The highest BCUT2D eigenvalue weighted by Gasteiger charge is 2.24. The lowest BCUT2D eigenvalue weighted by molar-refractivity contribution is -0.142. The number of hydrogen-bond acceptors (Lipinski definition) is 20. The topological polar surface area (TPSA) is 303 Å². The lowest BCUT2D eigenvalue weighted by Crippen LogP contribution is -2.37. The van der Waals surface area contributed by atoms with Gasteiger partial charge in [-0.25, -0.2) is 61.0 Å². The van der Waals surface area contributed by atoms with Crippen molar-refractivity contribution in [1.82, 2.24) is 59.6 Å². The van der Waals surface area contributed by atoms with Gasteiger partial charge in [-0.05, 0) is 253 Å². The van der Waals surface area contributed by atoms with Gasteiger partial charge < -0.3 is 55.3 Å². The molecule has 6 aromatic rings. The largest absolute Gasteiger partial charge is 0.481 e. The Morgan fingerprint density at radius 3 is 1.28 bits per heavy atom. The Hall–Kier alpha value is -6.55. The van der Waals surface area contributed by atoms with Crippen LogP contribution in [0.3, 0.4) is 0 Å². The quantitative estimate of drug-likeness (QED) is 0.0135. The van der Waals surface area contributed by atoms with E-state index in [1.165, 1.54) is 97.5 Å². The molecule has 0 aliphatic heterocycles. The number of nitrogens with one attached hydrogen (secondary N) is 1. The summed E-state index contributed by atoms with van der Waals surface area (Å²) in [6.45, 7) is 3.97. The maximum Gasteiger partial charge on any atom is 0.326 e. The highest BCUT2D eigenvalue weighted by Crippen LogP contribution is 2.25. The zero-order valence-corrected chi connectivity index (χ0v) is 65.3. The number of anilines is 1. The van der Waals surface area contributed by atoms with Gasteiger partial charge in [0.1, 0.15) is 61.9 Å². The Morgan fingerprint density at radius 2 is 0.898 bits per heavy atom.